The van der Waals surface area contributed by atoms with Gasteiger partial charge in [0.1, 0.15) is 5.82 Å². The summed E-state index contributed by atoms with van der Waals surface area (Å²) in [6, 6.07) is 23.4. The normalized spacial score (nSPS) is 18.4. The van der Waals surface area contributed by atoms with Gasteiger partial charge in [-0.2, -0.15) is 13.2 Å². The van der Waals surface area contributed by atoms with Crippen molar-refractivity contribution in [3.63, 3.8) is 0 Å². The molecule has 0 bridgehead atoms. The van der Waals surface area contributed by atoms with Gasteiger partial charge in [0.2, 0.25) is 0 Å². The maximum absolute atomic E-state index is 13.1. The summed E-state index contributed by atoms with van der Waals surface area (Å²) in [7, 11) is 0. The lowest BCUT2D eigenvalue weighted by molar-refractivity contribution is -0.192. The van der Waals surface area contributed by atoms with Gasteiger partial charge in [-0.25, -0.2) is 14.7 Å². The minimum Gasteiger partial charge on any atom is -0.475 e. The van der Waals surface area contributed by atoms with Crippen molar-refractivity contribution < 1.29 is 37.5 Å². The maximum atomic E-state index is 13.1. The summed E-state index contributed by atoms with van der Waals surface area (Å²) in [5.74, 6) is -2.11. The molecule has 0 radical (unpaired) electrons. The van der Waals surface area contributed by atoms with Gasteiger partial charge in [0.25, 0.3) is 5.91 Å². The molecule has 2 unspecified atom stereocenters. The van der Waals surface area contributed by atoms with Crippen molar-refractivity contribution in [2.24, 2.45) is 5.92 Å². The van der Waals surface area contributed by atoms with Gasteiger partial charge in [-0.15, -0.1) is 0 Å². The monoisotopic (exact) mass is 587 g/mol. The number of carboxylic acid groups (broad SMARTS) is 1. The zero-order valence-corrected chi connectivity index (χ0v) is 22.8. The Morgan fingerprint density at radius 3 is 2.02 bits per heavy atom. The van der Waals surface area contributed by atoms with Crippen molar-refractivity contribution in [1.29, 1.82) is 0 Å². The Hall–Kier alpha value is -3.80. The Kier molecular flexibility index (Phi) is 10.3. The molecule has 2 aliphatic rings. The minimum absolute atomic E-state index is 0.203. The van der Waals surface area contributed by atoms with Crippen LogP contribution in [0.25, 0.3) is 11.1 Å². The number of carbonyl (C=O) groups excluding carboxylic acids is 1. The van der Waals surface area contributed by atoms with E-state index in [1.165, 1.54) is 29.7 Å². The number of alkyl halides is 3. The second kappa shape index (κ2) is 13.9. The van der Waals surface area contributed by atoms with Gasteiger partial charge < -0.3 is 15.3 Å². The molecular formula is C31H33F4N3O4. The number of rotatable bonds is 10. The SMILES string of the molecule is O=C(NO)c1ccc(CCCN2CC(CNC3CC3c3ccc(-c4ccc(F)cc4)cc3)C2)cc1.O=C(O)C(F)(F)F. The zero-order chi connectivity index (χ0) is 30.3. The largest absolute Gasteiger partial charge is 0.490 e. The predicted molar refractivity (Wildman–Crippen MR) is 149 cm³/mol. The molecule has 1 saturated carbocycles. The molecule has 224 valence electrons. The summed E-state index contributed by atoms with van der Waals surface area (Å²) in [5.41, 5.74) is 6.89. The van der Waals surface area contributed by atoms with Crippen LogP contribution >= 0.6 is 0 Å². The molecule has 0 aromatic heterocycles. The second-order valence-electron chi connectivity index (χ2n) is 10.7. The lowest BCUT2D eigenvalue weighted by atomic mass is 9.99. The van der Waals surface area contributed by atoms with Crippen LogP contribution in [0.1, 0.15) is 40.2 Å². The first-order chi connectivity index (χ1) is 20.0. The number of hydrogen-bond donors (Lipinski definition) is 4. The van der Waals surface area contributed by atoms with Crippen molar-refractivity contribution in [1.82, 2.24) is 15.7 Å². The Labute approximate surface area is 241 Å². The van der Waals surface area contributed by atoms with Crippen LogP contribution in [-0.2, 0) is 11.2 Å². The number of aryl methyl sites for hydroxylation is 1. The van der Waals surface area contributed by atoms with E-state index in [0.29, 0.717) is 17.5 Å². The second-order valence-corrected chi connectivity index (χ2v) is 10.7. The van der Waals surface area contributed by atoms with Gasteiger partial charge in [-0.3, -0.25) is 10.0 Å². The summed E-state index contributed by atoms with van der Waals surface area (Å²) >= 11 is 0. The number of aliphatic carboxylic acids is 1. The molecule has 3 aromatic rings. The van der Waals surface area contributed by atoms with Gasteiger partial charge in [0, 0.05) is 37.2 Å². The number of amides is 1. The van der Waals surface area contributed by atoms with Gasteiger partial charge in [0.05, 0.1) is 0 Å². The number of benzene rings is 3. The van der Waals surface area contributed by atoms with E-state index in [2.05, 4.69) is 34.5 Å². The van der Waals surface area contributed by atoms with E-state index >= 15 is 0 Å². The fourth-order valence-corrected chi connectivity index (χ4v) is 5.05. The first-order valence-corrected chi connectivity index (χ1v) is 13.7. The van der Waals surface area contributed by atoms with Crippen LogP contribution in [0.5, 0.6) is 0 Å². The summed E-state index contributed by atoms with van der Waals surface area (Å²) in [6.45, 7) is 4.50. The fourth-order valence-electron chi connectivity index (χ4n) is 5.05. The quantitative estimate of drug-likeness (QED) is 0.147. The fraction of sp³-hybridized carbons (Fsp3) is 0.355. The summed E-state index contributed by atoms with van der Waals surface area (Å²) in [4.78, 5) is 22.8. The number of hydroxylamine groups is 1. The molecular weight excluding hydrogens is 554 g/mol. The minimum atomic E-state index is -5.08. The average Bonchev–Trinajstić information content (AvgIpc) is 3.73. The highest BCUT2D eigenvalue weighted by molar-refractivity contribution is 5.93. The van der Waals surface area contributed by atoms with E-state index in [-0.39, 0.29) is 5.82 Å². The molecule has 4 N–H and O–H groups in total. The van der Waals surface area contributed by atoms with Gasteiger partial charge in [-0.05, 0) is 78.2 Å². The average molecular weight is 588 g/mol. The van der Waals surface area contributed by atoms with E-state index in [9.17, 15) is 22.4 Å². The number of nitrogens with one attached hydrogen (secondary N) is 2. The molecule has 11 heteroatoms. The van der Waals surface area contributed by atoms with Crippen molar-refractivity contribution in [3.8, 4) is 11.1 Å². The topological polar surface area (TPSA) is 102 Å². The smallest absolute Gasteiger partial charge is 0.475 e. The van der Waals surface area contributed by atoms with Crippen LogP contribution in [0.2, 0.25) is 0 Å². The standard InChI is InChI=1S/C29H32FN3O2.C2HF3O2/c30-26-13-11-23(12-14-26)22-7-9-24(10-8-22)27-16-28(27)31-17-21-18-33(19-21)15-1-2-20-3-5-25(6-4-20)29(34)32-35;3-2(4,5)1(6)7/h3-14,21,27-28,31,35H,1-2,15-19H2,(H,32,34);(H,6,7). The first kappa shape index (κ1) is 31.1. The Bertz CT molecular complexity index is 1330. The molecule has 1 aliphatic heterocycles. The van der Waals surface area contributed by atoms with Gasteiger partial charge in [-0.1, -0.05) is 48.5 Å². The molecule has 1 aliphatic carbocycles. The summed E-state index contributed by atoms with van der Waals surface area (Å²) in [6.07, 6.45) is -1.79. The van der Waals surface area contributed by atoms with Crippen molar-refractivity contribution in [2.45, 2.75) is 37.4 Å². The highest BCUT2D eigenvalue weighted by Crippen LogP contribution is 2.41. The van der Waals surface area contributed by atoms with E-state index in [1.54, 1.807) is 17.6 Å². The molecule has 2 fully saturated rings. The van der Waals surface area contributed by atoms with Crippen LogP contribution in [0, 0.1) is 11.7 Å². The summed E-state index contributed by atoms with van der Waals surface area (Å²) < 4.78 is 44.9. The molecule has 7 nitrogen and oxygen atoms in total. The van der Waals surface area contributed by atoms with Crippen molar-refractivity contribution in [2.75, 3.05) is 26.2 Å². The number of hydrogen-bond acceptors (Lipinski definition) is 5. The van der Waals surface area contributed by atoms with E-state index in [4.69, 9.17) is 15.1 Å². The Morgan fingerprint density at radius 1 is 0.905 bits per heavy atom. The molecule has 1 saturated heterocycles. The Morgan fingerprint density at radius 2 is 1.48 bits per heavy atom. The van der Waals surface area contributed by atoms with Crippen LogP contribution in [0.3, 0.4) is 0 Å². The highest BCUT2D eigenvalue weighted by Gasteiger charge is 2.39. The Balaban J connectivity index is 0.000000517. The number of halogens is 4. The third kappa shape index (κ3) is 8.85. The third-order valence-corrected chi connectivity index (χ3v) is 7.51. The molecule has 2 atom stereocenters. The number of nitrogens with zero attached hydrogens (tertiary/aromatic N) is 1. The van der Waals surface area contributed by atoms with Gasteiger partial charge >= 0.3 is 12.1 Å². The molecule has 42 heavy (non-hydrogen) atoms. The predicted octanol–water partition coefficient (Wildman–Crippen LogP) is 5.26. The maximum Gasteiger partial charge on any atom is 0.490 e. The van der Waals surface area contributed by atoms with Crippen LogP contribution in [0.15, 0.2) is 72.8 Å². The van der Waals surface area contributed by atoms with E-state index in [1.807, 2.05) is 24.3 Å². The lowest BCUT2D eigenvalue weighted by Crippen LogP contribution is -2.51. The van der Waals surface area contributed by atoms with Crippen LogP contribution < -0.4 is 10.8 Å². The van der Waals surface area contributed by atoms with Crippen LogP contribution in [-0.4, -0.2) is 65.5 Å². The molecule has 0 spiro atoms. The molecule has 5 rings (SSSR count). The summed E-state index contributed by atoms with van der Waals surface area (Å²) in [5, 5.41) is 19.6. The van der Waals surface area contributed by atoms with E-state index in [0.717, 1.165) is 56.1 Å². The first-order valence-electron chi connectivity index (χ1n) is 13.7. The molecule has 3 aromatic carbocycles. The highest BCUT2D eigenvalue weighted by atomic mass is 19.4. The molecule has 1 amide bonds. The van der Waals surface area contributed by atoms with Crippen LogP contribution in [0.4, 0.5) is 17.6 Å². The number of carboxylic acids is 1. The lowest BCUT2D eigenvalue weighted by Gasteiger charge is -2.39. The van der Waals surface area contributed by atoms with Crippen molar-refractivity contribution >= 4 is 11.9 Å². The van der Waals surface area contributed by atoms with E-state index < -0.39 is 18.1 Å². The van der Waals surface area contributed by atoms with Crippen molar-refractivity contribution in [3.05, 3.63) is 95.3 Å². The van der Waals surface area contributed by atoms with Gasteiger partial charge in [0.15, 0.2) is 0 Å². The number of carbonyl (C=O) groups is 2. The zero-order valence-electron chi connectivity index (χ0n) is 22.8. The molecule has 1 heterocycles. The third-order valence-electron chi connectivity index (χ3n) is 7.51. The number of likely N-dealkylation sites (tertiary alicyclic amines) is 1.